The third-order valence-electron chi connectivity index (χ3n) is 3.79. The molecule has 1 N–H and O–H groups in total. The van der Waals surface area contributed by atoms with Gasteiger partial charge in [-0.05, 0) is 19.4 Å². The van der Waals surface area contributed by atoms with Gasteiger partial charge in [0, 0.05) is 5.39 Å². The molecular weight excluding hydrogens is 334 g/mol. The molecule has 1 aromatic carbocycles. The average Bonchev–Trinajstić information content (AvgIpc) is 2.78. The first-order chi connectivity index (χ1) is 10.9. The highest BCUT2D eigenvalue weighted by Crippen LogP contribution is 2.25. The van der Waals surface area contributed by atoms with E-state index in [2.05, 4.69) is 15.3 Å². The van der Waals surface area contributed by atoms with Crippen LogP contribution in [0, 0.1) is 0 Å². The summed E-state index contributed by atoms with van der Waals surface area (Å²) in [4.78, 5) is 20.6. The molecule has 0 spiro atoms. The van der Waals surface area contributed by atoms with Gasteiger partial charge in [0.15, 0.2) is 9.84 Å². The van der Waals surface area contributed by atoms with Crippen LogP contribution in [0.5, 0.6) is 0 Å². The lowest BCUT2D eigenvalue weighted by molar-refractivity contribution is -0.120. The molecule has 1 fully saturated rings. The quantitative estimate of drug-likeness (QED) is 0.662. The summed E-state index contributed by atoms with van der Waals surface area (Å²) >= 11 is 1.33. The number of hydrogen-bond donors (Lipinski definition) is 1. The number of rotatable bonds is 4. The molecule has 3 rings (SSSR count). The summed E-state index contributed by atoms with van der Waals surface area (Å²) in [5, 5.41) is 4.50. The molecule has 122 valence electrons. The maximum Gasteiger partial charge on any atom is 0.230 e. The number of aromatic nitrogens is 2. The topological polar surface area (TPSA) is 89.0 Å². The fourth-order valence-electron chi connectivity index (χ4n) is 2.71. The zero-order valence-electron chi connectivity index (χ0n) is 12.7. The minimum absolute atomic E-state index is 0.00679. The van der Waals surface area contributed by atoms with E-state index >= 15 is 0 Å². The molecule has 2 aromatic rings. The van der Waals surface area contributed by atoms with E-state index in [0.29, 0.717) is 6.42 Å². The first kappa shape index (κ1) is 16.2. The molecule has 1 aliphatic heterocycles. The van der Waals surface area contributed by atoms with E-state index in [-0.39, 0.29) is 23.2 Å². The van der Waals surface area contributed by atoms with Crippen molar-refractivity contribution in [1.29, 1.82) is 0 Å². The van der Waals surface area contributed by atoms with Gasteiger partial charge in [-0.2, -0.15) is 0 Å². The van der Waals surface area contributed by atoms with Crippen LogP contribution >= 0.6 is 11.8 Å². The van der Waals surface area contributed by atoms with Crippen LogP contribution in [0.3, 0.4) is 0 Å². The number of amides is 1. The number of carbonyl (C=O) groups excluding carboxylic acids is 1. The molecule has 23 heavy (non-hydrogen) atoms. The Morgan fingerprint density at radius 2 is 2.13 bits per heavy atom. The van der Waals surface area contributed by atoms with E-state index < -0.39 is 15.4 Å². The zero-order valence-corrected chi connectivity index (χ0v) is 14.3. The molecule has 2 heterocycles. The number of benzene rings is 1. The summed E-state index contributed by atoms with van der Waals surface area (Å²) in [6.45, 7) is 1.78. The van der Waals surface area contributed by atoms with Crippen LogP contribution in [-0.4, -0.2) is 47.1 Å². The highest BCUT2D eigenvalue weighted by Gasteiger charge is 2.39. The second kappa shape index (κ2) is 6.09. The molecule has 0 unspecified atom stereocenters. The fourth-order valence-corrected chi connectivity index (χ4v) is 5.59. The normalized spacial score (nSPS) is 23.0. The van der Waals surface area contributed by atoms with E-state index in [1.807, 2.05) is 24.3 Å². The monoisotopic (exact) mass is 351 g/mol. The molecule has 0 radical (unpaired) electrons. The SMILES string of the molecule is C[C@@]1(NC(=O)CSc2ncnc3ccccc23)CCS(=O)(=O)C1. The fraction of sp³-hybridized carbons (Fsp3) is 0.400. The number of sulfone groups is 1. The van der Waals surface area contributed by atoms with E-state index in [4.69, 9.17) is 0 Å². The minimum atomic E-state index is -3.04. The first-order valence-electron chi connectivity index (χ1n) is 7.21. The Kier molecular flexibility index (Phi) is 4.29. The lowest BCUT2D eigenvalue weighted by atomic mass is 10.0. The lowest BCUT2D eigenvalue weighted by Gasteiger charge is -2.23. The number of hydrogen-bond acceptors (Lipinski definition) is 6. The molecular formula is C15H17N3O3S2. The highest BCUT2D eigenvalue weighted by atomic mass is 32.2. The van der Waals surface area contributed by atoms with Crippen molar-refractivity contribution in [2.75, 3.05) is 17.3 Å². The van der Waals surface area contributed by atoms with Crippen LogP contribution in [0.15, 0.2) is 35.6 Å². The third kappa shape index (κ3) is 3.81. The maximum atomic E-state index is 12.2. The van der Waals surface area contributed by atoms with Crippen molar-refractivity contribution in [2.45, 2.75) is 23.9 Å². The van der Waals surface area contributed by atoms with Crippen molar-refractivity contribution in [2.24, 2.45) is 0 Å². The lowest BCUT2D eigenvalue weighted by Crippen LogP contribution is -2.47. The van der Waals surface area contributed by atoms with Gasteiger partial charge in [-0.25, -0.2) is 18.4 Å². The number of nitrogens with one attached hydrogen (secondary N) is 1. The van der Waals surface area contributed by atoms with Gasteiger partial charge in [-0.1, -0.05) is 30.0 Å². The molecule has 1 atom stereocenters. The van der Waals surface area contributed by atoms with Gasteiger partial charge in [0.1, 0.15) is 11.4 Å². The van der Waals surface area contributed by atoms with E-state index in [0.717, 1.165) is 15.9 Å². The summed E-state index contributed by atoms with van der Waals surface area (Å²) in [7, 11) is -3.04. The Morgan fingerprint density at radius 3 is 2.87 bits per heavy atom. The predicted octanol–water partition coefficient (Wildman–Crippen LogP) is 1.42. The van der Waals surface area contributed by atoms with Crippen LogP contribution in [0.2, 0.25) is 0 Å². The van der Waals surface area contributed by atoms with Crippen molar-refractivity contribution < 1.29 is 13.2 Å². The van der Waals surface area contributed by atoms with E-state index in [1.165, 1.54) is 18.1 Å². The molecule has 1 aliphatic rings. The zero-order chi connectivity index (χ0) is 16.5. The van der Waals surface area contributed by atoms with E-state index in [9.17, 15) is 13.2 Å². The number of para-hydroxylation sites is 1. The van der Waals surface area contributed by atoms with E-state index in [1.54, 1.807) is 6.92 Å². The summed E-state index contributed by atoms with van der Waals surface area (Å²) in [6.07, 6.45) is 1.94. The molecule has 1 amide bonds. The number of nitrogens with zero attached hydrogens (tertiary/aromatic N) is 2. The van der Waals surface area contributed by atoms with Gasteiger partial charge in [-0.15, -0.1) is 0 Å². The number of carbonyl (C=O) groups is 1. The Morgan fingerprint density at radius 1 is 1.35 bits per heavy atom. The summed E-state index contributed by atoms with van der Waals surface area (Å²) in [6, 6.07) is 7.62. The van der Waals surface area contributed by atoms with Crippen LogP contribution in [0.1, 0.15) is 13.3 Å². The molecule has 1 aromatic heterocycles. The molecule has 6 nitrogen and oxygen atoms in total. The van der Waals surface area contributed by atoms with Crippen molar-refractivity contribution in [3.05, 3.63) is 30.6 Å². The van der Waals surface area contributed by atoms with Gasteiger partial charge in [0.05, 0.1) is 28.3 Å². The molecule has 0 bridgehead atoms. The van der Waals surface area contributed by atoms with Gasteiger partial charge >= 0.3 is 0 Å². The Balaban J connectivity index is 1.65. The number of thioether (sulfide) groups is 1. The summed E-state index contributed by atoms with van der Waals surface area (Å²) in [5.74, 6) is 0.147. The van der Waals surface area contributed by atoms with Crippen molar-refractivity contribution in [3.8, 4) is 0 Å². The second-order valence-electron chi connectivity index (χ2n) is 5.94. The Labute approximate surface area is 139 Å². The second-order valence-corrected chi connectivity index (χ2v) is 9.08. The molecule has 8 heteroatoms. The van der Waals surface area contributed by atoms with Gasteiger partial charge in [0.25, 0.3) is 0 Å². The summed E-state index contributed by atoms with van der Waals surface area (Å²) in [5.41, 5.74) is 0.170. The van der Waals surface area contributed by atoms with Crippen molar-refractivity contribution in [3.63, 3.8) is 0 Å². The first-order valence-corrected chi connectivity index (χ1v) is 10.0. The third-order valence-corrected chi connectivity index (χ3v) is 6.70. The minimum Gasteiger partial charge on any atom is -0.349 e. The largest absolute Gasteiger partial charge is 0.349 e. The van der Waals surface area contributed by atoms with Gasteiger partial charge < -0.3 is 5.32 Å². The molecule has 0 saturated carbocycles. The van der Waals surface area contributed by atoms with Crippen LogP contribution < -0.4 is 5.32 Å². The maximum absolute atomic E-state index is 12.2. The Bertz CT molecular complexity index is 849. The average molecular weight is 351 g/mol. The molecule has 0 aliphatic carbocycles. The van der Waals surface area contributed by atoms with Crippen molar-refractivity contribution >= 4 is 38.4 Å². The molecule has 1 saturated heterocycles. The standard InChI is InChI=1S/C15H17N3O3S2/c1-15(6-7-23(20,21)9-15)18-13(19)8-22-14-11-4-2-3-5-12(11)16-10-17-14/h2-5,10H,6-9H2,1H3,(H,18,19)/t15-/m1/s1. The van der Waals surface area contributed by atoms with Crippen LogP contribution in [0.25, 0.3) is 10.9 Å². The summed E-state index contributed by atoms with van der Waals surface area (Å²) < 4.78 is 23.2. The Hall–Kier alpha value is -1.67. The number of fused-ring (bicyclic) bond motifs is 1. The smallest absolute Gasteiger partial charge is 0.230 e. The van der Waals surface area contributed by atoms with Crippen molar-refractivity contribution in [1.82, 2.24) is 15.3 Å². The highest BCUT2D eigenvalue weighted by molar-refractivity contribution is 8.00. The van der Waals surface area contributed by atoms with Gasteiger partial charge in [0.2, 0.25) is 5.91 Å². The van der Waals surface area contributed by atoms with Crippen LogP contribution in [0.4, 0.5) is 0 Å². The van der Waals surface area contributed by atoms with Crippen LogP contribution in [-0.2, 0) is 14.6 Å². The predicted molar refractivity (Wildman–Crippen MR) is 90.1 cm³/mol. The van der Waals surface area contributed by atoms with Gasteiger partial charge in [-0.3, -0.25) is 4.79 Å².